The molecule has 1 aliphatic rings. The fourth-order valence-electron chi connectivity index (χ4n) is 1.55. The molecule has 17 heavy (non-hydrogen) atoms. The first kappa shape index (κ1) is 13.5. The van der Waals surface area contributed by atoms with Gasteiger partial charge in [0.15, 0.2) is 5.54 Å². The lowest BCUT2D eigenvalue weighted by Gasteiger charge is -2.22. The molecular weight excluding hydrogens is 226 g/mol. The maximum Gasteiger partial charge on any atom is 0.408 e. The maximum absolute atomic E-state index is 11.5. The molecule has 6 nitrogen and oxygen atoms in total. The van der Waals surface area contributed by atoms with Gasteiger partial charge in [-0.3, -0.25) is 0 Å². The third kappa shape index (κ3) is 2.95. The molecule has 6 heteroatoms. The van der Waals surface area contributed by atoms with Crippen LogP contribution in [0.15, 0.2) is 0 Å². The van der Waals surface area contributed by atoms with Gasteiger partial charge in [-0.15, -0.1) is 0 Å². The van der Waals surface area contributed by atoms with Crippen molar-refractivity contribution in [2.75, 3.05) is 7.11 Å². The van der Waals surface area contributed by atoms with E-state index in [1.807, 2.05) is 0 Å². The number of ether oxygens (including phenoxy) is 2. The first-order valence-corrected chi connectivity index (χ1v) is 5.30. The van der Waals surface area contributed by atoms with Gasteiger partial charge in [0.25, 0.3) is 0 Å². The number of hydrogen-bond donors (Lipinski definition) is 1. The smallest absolute Gasteiger partial charge is 0.408 e. The summed E-state index contributed by atoms with van der Waals surface area (Å²) in [6.07, 6.45) is 0.156. The van der Waals surface area contributed by atoms with Crippen LogP contribution in [0.2, 0.25) is 0 Å². The fourth-order valence-corrected chi connectivity index (χ4v) is 1.55. The molecule has 1 rings (SSSR count). The Morgan fingerprint density at radius 1 is 1.41 bits per heavy atom. The Morgan fingerprint density at radius 2 is 2.00 bits per heavy atom. The predicted molar refractivity (Wildman–Crippen MR) is 58.3 cm³/mol. The number of alkyl carbamates (subject to hydrolysis) is 1. The van der Waals surface area contributed by atoms with Crippen LogP contribution < -0.4 is 5.32 Å². The Hall–Kier alpha value is -1.59. The fraction of sp³-hybridized carbons (Fsp3) is 0.727. The Morgan fingerprint density at radius 3 is 2.35 bits per heavy atom. The monoisotopic (exact) mass is 243 g/mol. The molecule has 0 spiro atoms. The summed E-state index contributed by atoms with van der Waals surface area (Å²) in [6.45, 7) is 5.13. The molecule has 0 aromatic rings. The van der Waals surface area contributed by atoms with Crippen molar-refractivity contribution in [2.24, 2.45) is 5.92 Å². The number of hydrogen-bond acceptors (Lipinski definition) is 5. The van der Waals surface area contributed by atoms with Gasteiger partial charge in [-0.25, -0.2) is 9.59 Å². The average Bonchev–Trinajstić information content (AvgIpc) is 2.88. The first-order chi connectivity index (χ1) is 7.75. The van der Waals surface area contributed by atoms with Crippen LogP contribution in [0.4, 0.5) is 4.79 Å². The van der Waals surface area contributed by atoms with Crippen LogP contribution >= 0.6 is 0 Å². The summed E-state index contributed by atoms with van der Waals surface area (Å²) in [5.41, 5.74) is -1.90. The summed E-state index contributed by atoms with van der Waals surface area (Å²) in [6, 6.07) is 0. The number of rotatable bonds is 3. The van der Waals surface area contributed by atoms with Crippen LogP contribution in [-0.4, -0.2) is 36.6 Å². The highest BCUT2D eigenvalue weighted by atomic mass is 16.6. The van der Waals surface area contributed by atoms with Crippen molar-refractivity contribution in [1.29, 1.82) is 0 Å². The van der Waals surface area contributed by atoms with Gasteiger partial charge in [-0.05, 0) is 27.2 Å². The molecule has 0 aliphatic heterocycles. The molecule has 0 bridgehead atoms. The van der Waals surface area contributed by atoms with Gasteiger partial charge in [0.2, 0.25) is 0 Å². The molecule has 0 aromatic heterocycles. The summed E-state index contributed by atoms with van der Waals surface area (Å²) >= 11 is 0. The predicted octanol–water partition coefficient (Wildman–Crippen LogP) is 0.642. The normalized spacial score (nSPS) is 26.9. The number of amides is 1. The van der Waals surface area contributed by atoms with Gasteiger partial charge in [0.1, 0.15) is 11.9 Å². The van der Waals surface area contributed by atoms with Crippen LogP contribution in [0.1, 0.15) is 27.2 Å². The van der Waals surface area contributed by atoms with E-state index in [0.717, 1.165) is 0 Å². The van der Waals surface area contributed by atoms with Crippen molar-refractivity contribution < 1.29 is 23.9 Å². The Kier molecular flexibility index (Phi) is 3.45. The zero-order valence-corrected chi connectivity index (χ0v) is 10.4. The number of carbonyl (C=O) groups is 3. The van der Waals surface area contributed by atoms with E-state index in [1.54, 1.807) is 20.8 Å². The van der Waals surface area contributed by atoms with Crippen molar-refractivity contribution in [3.8, 4) is 0 Å². The number of nitrogens with one attached hydrogen (secondary N) is 1. The third-order valence-corrected chi connectivity index (χ3v) is 2.45. The number of methoxy groups -OCH3 is 1. The summed E-state index contributed by atoms with van der Waals surface area (Å²) < 4.78 is 9.60. The minimum absolute atomic E-state index is 0.252. The summed E-state index contributed by atoms with van der Waals surface area (Å²) in [5.74, 6) is -1.16. The molecule has 0 heterocycles. The molecule has 0 saturated heterocycles. The number of carbonyl (C=O) groups excluding carboxylic acids is 3. The molecule has 2 atom stereocenters. The summed E-state index contributed by atoms with van der Waals surface area (Å²) in [7, 11) is 1.21. The summed E-state index contributed by atoms with van der Waals surface area (Å²) in [5, 5.41) is 2.41. The van der Waals surface area contributed by atoms with Gasteiger partial charge in [-0.2, -0.15) is 0 Å². The molecule has 0 radical (unpaired) electrons. The SMILES string of the molecule is COC(=O)C1(NC(=O)OC(C)(C)C)CC1C=O. The molecule has 1 aliphatic carbocycles. The van der Waals surface area contributed by atoms with Crippen molar-refractivity contribution >= 4 is 18.3 Å². The number of esters is 1. The first-order valence-electron chi connectivity index (χ1n) is 5.30. The largest absolute Gasteiger partial charge is 0.467 e. The standard InChI is InChI=1S/C11H17NO5/c1-10(2,3)17-9(15)12-11(8(14)16-4)5-7(11)6-13/h6-7H,5H2,1-4H3,(H,12,15). The van der Waals surface area contributed by atoms with E-state index in [2.05, 4.69) is 10.1 Å². The van der Waals surface area contributed by atoms with E-state index >= 15 is 0 Å². The zero-order chi connectivity index (χ0) is 13.3. The average molecular weight is 243 g/mol. The van der Waals surface area contributed by atoms with E-state index < -0.39 is 29.1 Å². The van der Waals surface area contributed by atoms with Crippen LogP contribution in [0.25, 0.3) is 0 Å². The Balaban J connectivity index is 2.68. The third-order valence-electron chi connectivity index (χ3n) is 2.45. The lowest BCUT2D eigenvalue weighted by atomic mass is 10.2. The molecule has 1 saturated carbocycles. The second kappa shape index (κ2) is 4.35. The second-order valence-electron chi connectivity index (χ2n) is 5.04. The van der Waals surface area contributed by atoms with Gasteiger partial charge < -0.3 is 19.6 Å². The maximum atomic E-state index is 11.5. The van der Waals surface area contributed by atoms with Gasteiger partial charge in [0, 0.05) is 0 Å². The lowest BCUT2D eigenvalue weighted by Crippen LogP contribution is -2.47. The van der Waals surface area contributed by atoms with Crippen LogP contribution in [0.5, 0.6) is 0 Å². The number of aldehydes is 1. The topological polar surface area (TPSA) is 81.7 Å². The van der Waals surface area contributed by atoms with E-state index in [1.165, 1.54) is 7.11 Å². The highest BCUT2D eigenvalue weighted by Gasteiger charge is 2.63. The minimum atomic E-state index is -1.24. The summed E-state index contributed by atoms with van der Waals surface area (Å²) in [4.78, 5) is 33.7. The van der Waals surface area contributed by atoms with Crippen molar-refractivity contribution in [1.82, 2.24) is 5.32 Å². The van der Waals surface area contributed by atoms with E-state index in [9.17, 15) is 14.4 Å². The molecule has 1 N–H and O–H groups in total. The highest BCUT2D eigenvalue weighted by Crippen LogP contribution is 2.43. The van der Waals surface area contributed by atoms with E-state index in [0.29, 0.717) is 6.29 Å². The van der Waals surface area contributed by atoms with Crippen LogP contribution in [0, 0.1) is 5.92 Å². The van der Waals surface area contributed by atoms with Crippen LogP contribution in [-0.2, 0) is 19.1 Å². The second-order valence-corrected chi connectivity index (χ2v) is 5.04. The molecule has 1 fully saturated rings. The van der Waals surface area contributed by atoms with Gasteiger partial charge in [-0.1, -0.05) is 0 Å². The van der Waals surface area contributed by atoms with Crippen molar-refractivity contribution in [3.05, 3.63) is 0 Å². The van der Waals surface area contributed by atoms with Gasteiger partial charge in [0.05, 0.1) is 13.0 Å². The van der Waals surface area contributed by atoms with Gasteiger partial charge >= 0.3 is 12.1 Å². The van der Waals surface area contributed by atoms with E-state index in [-0.39, 0.29) is 6.42 Å². The molecule has 96 valence electrons. The molecular formula is C11H17NO5. The molecule has 2 unspecified atom stereocenters. The van der Waals surface area contributed by atoms with Crippen LogP contribution in [0.3, 0.4) is 0 Å². The lowest BCUT2D eigenvalue weighted by molar-refractivity contribution is -0.145. The zero-order valence-electron chi connectivity index (χ0n) is 10.4. The Bertz CT molecular complexity index is 346. The quantitative estimate of drug-likeness (QED) is 0.581. The highest BCUT2D eigenvalue weighted by molar-refractivity contribution is 5.94. The molecule has 0 aromatic carbocycles. The van der Waals surface area contributed by atoms with Crippen molar-refractivity contribution in [3.63, 3.8) is 0 Å². The van der Waals surface area contributed by atoms with Crippen molar-refractivity contribution in [2.45, 2.75) is 38.3 Å². The molecule has 1 amide bonds. The Labute approximate surface area is 99.6 Å². The minimum Gasteiger partial charge on any atom is -0.467 e. The van der Waals surface area contributed by atoms with E-state index in [4.69, 9.17) is 4.74 Å².